The van der Waals surface area contributed by atoms with Crippen molar-refractivity contribution < 1.29 is 14.9 Å². The highest BCUT2D eigenvalue weighted by atomic mass is 16.5. The third-order valence-corrected chi connectivity index (χ3v) is 3.25. The van der Waals surface area contributed by atoms with E-state index >= 15 is 0 Å². The van der Waals surface area contributed by atoms with Crippen molar-refractivity contribution in [1.82, 2.24) is 4.98 Å². The number of nitrogens with zero attached hydrogens (tertiary/aromatic N) is 2. The number of rotatable bonds is 3. The third kappa shape index (κ3) is 2.63. The van der Waals surface area contributed by atoms with E-state index in [9.17, 15) is 10.2 Å². The van der Waals surface area contributed by atoms with Gasteiger partial charge in [-0.2, -0.15) is 0 Å². The van der Waals surface area contributed by atoms with E-state index in [1.165, 1.54) is 0 Å². The van der Waals surface area contributed by atoms with Crippen LogP contribution in [0.1, 0.15) is 25.5 Å². The van der Waals surface area contributed by atoms with Crippen molar-refractivity contribution in [2.75, 3.05) is 24.7 Å². The minimum Gasteiger partial charge on any atom is -0.394 e. The SMILES string of the molecule is CC1COC(CO)CN1c1ncccc1[C@@H](C)O. The van der Waals surface area contributed by atoms with Gasteiger partial charge >= 0.3 is 0 Å². The van der Waals surface area contributed by atoms with Crippen LogP contribution in [0.3, 0.4) is 0 Å². The molecule has 2 unspecified atom stereocenters. The Kier molecular flexibility index (Phi) is 4.16. The monoisotopic (exact) mass is 252 g/mol. The standard InChI is InChI=1S/C13H20N2O3/c1-9-8-18-11(7-16)6-15(9)13-12(10(2)17)4-3-5-14-13/h3-5,9-11,16-17H,6-8H2,1-2H3/t9?,10-,11?/m1/s1. The van der Waals surface area contributed by atoms with Crippen LogP contribution in [0.25, 0.3) is 0 Å². The predicted molar refractivity (Wildman–Crippen MR) is 68.5 cm³/mol. The van der Waals surface area contributed by atoms with E-state index in [0.717, 1.165) is 11.4 Å². The number of hydrogen-bond donors (Lipinski definition) is 2. The third-order valence-electron chi connectivity index (χ3n) is 3.25. The van der Waals surface area contributed by atoms with E-state index in [2.05, 4.69) is 9.88 Å². The fourth-order valence-electron chi connectivity index (χ4n) is 2.20. The van der Waals surface area contributed by atoms with Gasteiger partial charge in [-0.1, -0.05) is 6.07 Å². The van der Waals surface area contributed by atoms with Crippen molar-refractivity contribution >= 4 is 5.82 Å². The normalized spacial score (nSPS) is 26.1. The molecule has 2 rings (SSSR count). The quantitative estimate of drug-likeness (QED) is 0.830. The van der Waals surface area contributed by atoms with Gasteiger partial charge in [0.2, 0.25) is 0 Å². The van der Waals surface area contributed by atoms with Crippen molar-refractivity contribution in [2.45, 2.75) is 32.1 Å². The second-order valence-electron chi connectivity index (χ2n) is 4.73. The molecule has 0 amide bonds. The Morgan fingerprint density at radius 2 is 2.39 bits per heavy atom. The molecule has 2 heterocycles. The number of pyridine rings is 1. The smallest absolute Gasteiger partial charge is 0.134 e. The minimum atomic E-state index is -0.559. The maximum atomic E-state index is 9.80. The Balaban J connectivity index is 2.28. The molecular formula is C13H20N2O3. The number of ether oxygens (including phenoxy) is 1. The lowest BCUT2D eigenvalue weighted by Crippen LogP contribution is -2.50. The molecule has 18 heavy (non-hydrogen) atoms. The van der Waals surface area contributed by atoms with Gasteiger partial charge in [-0.3, -0.25) is 0 Å². The molecular weight excluding hydrogens is 232 g/mol. The minimum absolute atomic E-state index is 0.0000650. The fourth-order valence-corrected chi connectivity index (χ4v) is 2.20. The maximum absolute atomic E-state index is 9.80. The first kappa shape index (κ1) is 13.3. The van der Waals surface area contributed by atoms with Gasteiger partial charge in [0, 0.05) is 18.3 Å². The van der Waals surface area contributed by atoms with Gasteiger partial charge in [-0.25, -0.2) is 4.98 Å². The lowest BCUT2D eigenvalue weighted by atomic mass is 10.1. The summed E-state index contributed by atoms with van der Waals surface area (Å²) in [6.07, 6.45) is 0.971. The molecule has 0 aromatic carbocycles. The first-order chi connectivity index (χ1) is 8.63. The Bertz CT molecular complexity index is 398. The summed E-state index contributed by atoms with van der Waals surface area (Å²) in [6, 6.07) is 3.88. The number of aromatic nitrogens is 1. The van der Waals surface area contributed by atoms with Gasteiger partial charge in [-0.05, 0) is 19.9 Å². The van der Waals surface area contributed by atoms with Crippen molar-refractivity contribution in [1.29, 1.82) is 0 Å². The lowest BCUT2D eigenvalue weighted by Gasteiger charge is -2.39. The van der Waals surface area contributed by atoms with Gasteiger partial charge in [0.25, 0.3) is 0 Å². The van der Waals surface area contributed by atoms with Gasteiger partial charge in [0.15, 0.2) is 0 Å². The first-order valence-corrected chi connectivity index (χ1v) is 6.25. The molecule has 1 saturated heterocycles. The van der Waals surface area contributed by atoms with Crippen LogP contribution in [0.5, 0.6) is 0 Å². The largest absolute Gasteiger partial charge is 0.394 e. The Hall–Kier alpha value is -1.17. The topological polar surface area (TPSA) is 65.8 Å². The molecule has 100 valence electrons. The van der Waals surface area contributed by atoms with Crippen molar-refractivity contribution in [3.63, 3.8) is 0 Å². The van der Waals surface area contributed by atoms with E-state index in [-0.39, 0.29) is 18.8 Å². The number of hydrogen-bond acceptors (Lipinski definition) is 5. The molecule has 0 aliphatic carbocycles. The zero-order chi connectivity index (χ0) is 13.1. The predicted octanol–water partition coefficient (Wildman–Crippen LogP) is 0.721. The van der Waals surface area contributed by atoms with E-state index in [0.29, 0.717) is 13.2 Å². The Morgan fingerprint density at radius 1 is 1.61 bits per heavy atom. The van der Waals surface area contributed by atoms with Crippen LogP contribution in [0, 0.1) is 0 Å². The fraction of sp³-hybridized carbons (Fsp3) is 0.615. The second kappa shape index (κ2) is 5.65. The molecule has 0 spiro atoms. The Morgan fingerprint density at radius 3 is 3.06 bits per heavy atom. The molecule has 5 nitrogen and oxygen atoms in total. The molecule has 0 saturated carbocycles. The highest BCUT2D eigenvalue weighted by molar-refractivity contribution is 5.49. The van der Waals surface area contributed by atoms with E-state index in [1.54, 1.807) is 13.1 Å². The molecule has 3 atom stereocenters. The molecule has 0 bridgehead atoms. The number of aliphatic hydroxyl groups excluding tert-OH is 2. The maximum Gasteiger partial charge on any atom is 0.134 e. The summed E-state index contributed by atoms with van der Waals surface area (Å²) < 4.78 is 5.51. The molecule has 1 fully saturated rings. The van der Waals surface area contributed by atoms with Gasteiger partial charge in [0.1, 0.15) is 5.82 Å². The molecule has 5 heteroatoms. The summed E-state index contributed by atoms with van der Waals surface area (Å²) in [5.74, 6) is 0.779. The molecule has 1 aromatic heterocycles. The molecule has 0 radical (unpaired) electrons. The highest BCUT2D eigenvalue weighted by Gasteiger charge is 2.28. The van der Waals surface area contributed by atoms with Crippen LogP contribution < -0.4 is 4.90 Å². The van der Waals surface area contributed by atoms with Crippen LogP contribution >= 0.6 is 0 Å². The molecule has 1 aliphatic heterocycles. The van der Waals surface area contributed by atoms with Crippen LogP contribution in [0.2, 0.25) is 0 Å². The van der Waals surface area contributed by atoms with E-state index in [4.69, 9.17) is 4.74 Å². The zero-order valence-electron chi connectivity index (χ0n) is 10.8. The molecule has 1 aliphatic rings. The summed E-state index contributed by atoms with van der Waals surface area (Å²) in [7, 11) is 0. The van der Waals surface area contributed by atoms with Crippen molar-refractivity contribution in [2.24, 2.45) is 0 Å². The first-order valence-electron chi connectivity index (χ1n) is 6.25. The number of anilines is 1. The van der Waals surface area contributed by atoms with Crippen LogP contribution in [0.15, 0.2) is 18.3 Å². The molecule has 1 aromatic rings. The summed E-state index contributed by atoms with van der Waals surface area (Å²) in [5, 5.41) is 19.0. The van der Waals surface area contributed by atoms with Crippen LogP contribution in [-0.2, 0) is 4.74 Å². The average Bonchev–Trinajstić information content (AvgIpc) is 2.39. The highest BCUT2D eigenvalue weighted by Crippen LogP contribution is 2.27. The number of morpholine rings is 1. The number of aliphatic hydroxyl groups is 2. The van der Waals surface area contributed by atoms with Gasteiger partial charge < -0.3 is 19.8 Å². The Labute approximate surface area is 107 Å². The summed E-state index contributed by atoms with van der Waals surface area (Å²) in [5.41, 5.74) is 0.808. The van der Waals surface area contributed by atoms with Crippen molar-refractivity contribution in [3.05, 3.63) is 23.9 Å². The second-order valence-corrected chi connectivity index (χ2v) is 4.73. The summed E-state index contributed by atoms with van der Waals surface area (Å²) in [4.78, 5) is 6.46. The van der Waals surface area contributed by atoms with Crippen LogP contribution in [-0.4, -0.2) is 47.1 Å². The van der Waals surface area contributed by atoms with E-state index < -0.39 is 6.10 Å². The molecule has 2 N–H and O–H groups in total. The summed E-state index contributed by atoms with van der Waals surface area (Å²) in [6.45, 7) is 4.93. The van der Waals surface area contributed by atoms with Crippen molar-refractivity contribution in [3.8, 4) is 0 Å². The average molecular weight is 252 g/mol. The van der Waals surface area contributed by atoms with Gasteiger partial charge in [0.05, 0.1) is 31.5 Å². The lowest BCUT2D eigenvalue weighted by molar-refractivity contribution is -0.0107. The van der Waals surface area contributed by atoms with Crippen LogP contribution in [0.4, 0.5) is 5.82 Å². The van der Waals surface area contributed by atoms with E-state index in [1.807, 2.05) is 19.1 Å². The zero-order valence-corrected chi connectivity index (χ0v) is 10.8. The van der Waals surface area contributed by atoms with Gasteiger partial charge in [-0.15, -0.1) is 0 Å². The summed E-state index contributed by atoms with van der Waals surface area (Å²) >= 11 is 0.